The molecule has 0 saturated carbocycles. The van der Waals surface area contributed by atoms with E-state index < -0.39 is 0 Å². The van der Waals surface area contributed by atoms with Gasteiger partial charge in [0.1, 0.15) is 0 Å². The van der Waals surface area contributed by atoms with Crippen molar-refractivity contribution in [1.29, 1.82) is 0 Å². The maximum absolute atomic E-state index is 12.3. The van der Waals surface area contributed by atoms with Crippen molar-refractivity contribution in [2.24, 2.45) is 0 Å². The minimum Gasteiger partial charge on any atom is -0.399 e. The summed E-state index contributed by atoms with van der Waals surface area (Å²) in [4.78, 5) is 12.3. The van der Waals surface area contributed by atoms with Gasteiger partial charge in [-0.2, -0.15) is 0 Å². The van der Waals surface area contributed by atoms with E-state index in [0.29, 0.717) is 11.3 Å². The van der Waals surface area contributed by atoms with E-state index in [4.69, 9.17) is 5.73 Å². The van der Waals surface area contributed by atoms with Gasteiger partial charge in [-0.1, -0.05) is 39.0 Å². The Morgan fingerprint density at radius 1 is 1.05 bits per heavy atom. The molecule has 0 bridgehead atoms. The summed E-state index contributed by atoms with van der Waals surface area (Å²) >= 11 is 0. The summed E-state index contributed by atoms with van der Waals surface area (Å²) in [6.45, 7) is 8.39. The standard InChI is InChI=1S/C18H22N2O/c1-12-5-8-14(19)11-16(12)17(21)20-15-9-6-13(7-10-15)18(2,3)4/h5-11H,19H2,1-4H3,(H,20,21). The number of benzene rings is 2. The van der Waals surface area contributed by atoms with Crippen molar-refractivity contribution in [3.05, 3.63) is 59.2 Å². The zero-order chi connectivity index (χ0) is 15.6. The lowest BCUT2D eigenvalue weighted by molar-refractivity contribution is 0.102. The molecule has 0 unspecified atom stereocenters. The van der Waals surface area contributed by atoms with Crippen LogP contribution in [0.15, 0.2) is 42.5 Å². The van der Waals surface area contributed by atoms with E-state index in [0.717, 1.165) is 11.3 Å². The Kier molecular flexibility index (Phi) is 4.03. The number of carbonyl (C=O) groups excluding carboxylic acids is 1. The van der Waals surface area contributed by atoms with E-state index in [1.807, 2.05) is 37.3 Å². The molecule has 0 saturated heterocycles. The summed E-state index contributed by atoms with van der Waals surface area (Å²) in [5.74, 6) is -0.136. The van der Waals surface area contributed by atoms with Crippen LogP contribution in [0.25, 0.3) is 0 Å². The van der Waals surface area contributed by atoms with Crippen molar-refractivity contribution in [1.82, 2.24) is 0 Å². The van der Waals surface area contributed by atoms with Gasteiger partial charge in [-0.15, -0.1) is 0 Å². The number of aryl methyl sites for hydroxylation is 1. The Labute approximate surface area is 126 Å². The zero-order valence-electron chi connectivity index (χ0n) is 13.0. The van der Waals surface area contributed by atoms with Gasteiger partial charge in [-0.3, -0.25) is 4.79 Å². The predicted molar refractivity (Wildman–Crippen MR) is 88.7 cm³/mol. The third-order valence-electron chi connectivity index (χ3n) is 3.52. The van der Waals surface area contributed by atoms with Gasteiger partial charge in [0.2, 0.25) is 0 Å². The highest BCUT2D eigenvalue weighted by Crippen LogP contribution is 2.24. The number of carbonyl (C=O) groups is 1. The SMILES string of the molecule is Cc1ccc(N)cc1C(=O)Nc1ccc(C(C)(C)C)cc1. The maximum Gasteiger partial charge on any atom is 0.256 e. The van der Waals surface area contributed by atoms with Crippen LogP contribution < -0.4 is 11.1 Å². The van der Waals surface area contributed by atoms with E-state index in [2.05, 4.69) is 26.1 Å². The molecule has 0 heterocycles. The molecule has 3 heteroatoms. The second-order valence-electron chi connectivity index (χ2n) is 6.36. The Morgan fingerprint density at radius 3 is 2.24 bits per heavy atom. The van der Waals surface area contributed by atoms with Crippen molar-refractivity contribution < 1.29 is 4.79 Å². The molecule has 0 fully saturated rings. The lowest BCUT2D eigenvalue weighted by Gasteiger charge is -2.19. The van der Waals surface area contributed by atoms with Crippen LogP contribution in [0.3, 0.4) is 0 Å². The van der Waals surface area contributed by atoms with E-state index in [-0.39, 0.29) is 11.3 Å². The molecule has 21 heavy (non-hydrogen) atoms. The van der Waals surface area contributed by atoms with Crippen LogP contribution in [0.1, 0.15) is 42.3 Å². The molecule has 2 aromatic carbocycles. The molecule has 0 aromatic heterocycles. The fourth-order valence-corrected chi connectivity index (χ4v) is 2.14. The molecular formula is C18H22N2O. The van der Waals surface area contributed by atoms with Gasteiger partial charge in [0.05, 0.1) is 0 Å². The van der Waals surface area contributed by atoms with Gasteiger partial charge in [-0.05, 0) is 47.7 Å². The molecule has 0 aliphatic carbocycles. The van der Waals surface area contributed by atoms with E-state index in [1.165, 1.54) is 5.56 Å². The normalized spacial score (nSPS) is 11.2. The first kappa shape index (κ1) is 15.1. The first-order valence-electron chi connectivity index (χ1n) is 7.05. The van der Waals surface area contributed by atoms with E-state index >= 15 is 0 Å². The summed E-state index contributed by atoms with van der Waals surface area (Å²) in [5, 5.41) is 2.91. The van der Waals surface area contributed by atoms with E-state index in [9.17, 15) is 4.79 Å². The molecule has 110 valence electrons. The molecule has 0 atom stereocenters. The van der Waals surface area contributed by atoms with Crippen LogP contribution in [0.2, 0.25) is 0 Å². The van der Waals surface area contributed by atoms with E-state index in [1.54, 1.807) is 12.1 Å². The van der Waals surface area contributed by atoms with Crippen LogP contribution in [-0.4, -0.2) is 5.91 Å². The van der Waals surface area contributed by atoms with Crippen LogP contribution in [0.4, 0.5) is 11.4 Å². The summed E-state index contributed by atoms with van der Waals surface area (Å²) in [5.41, 5.74) is 9.98. The fourth-order valence-electron chi connectivity index (χ4n) is 2.14. The molecule has 2 aromatic rings. The first-order valence-corrected chi connectivity index (χ1v) is 7.05. The molecule has 3 N–H and O–H groups in total. The Balaban J connectivity index is 2.18. The summed E-state index contributed by atoms with van der Waals surface area (Å²) in [7, 11) is 0. The zero-order valence-corrected chi connectivity index (χ0v) is 13.0. The minimum atomic E-state index is -0.136. The summed E-state index contributed by atoms with van der Waals surface area (Å²) < 4.78 is 0. The number of nitrogens with two attached hydrogens (primary N) is 1. The van der Waals surface area contributed by atoms with Crippen LogP contribution in [0, 0.1) is 6.92 Å². The van der Waals surface area contributed by atoms with Crippen LogP contribution in [0.5, 0.6) is 0 Å². The number of anilines is 2. The minimum absolute atomic E-state index is 0.104. The quantitative estimate of drug-likeness (QED) is 0.814. The summed E-state index contributed by atoms with van der Waals surface area (Å²) in [6.07, 6.45) is 0. The van der Waals surface area contributed by atoms with Gasteiger partial charge in [0.15, 0.2) is 0 Å². The monoisotopic (exact) mass is 282 g/mol. The molecule has 0 aliphatic rings. The van der Waals surface area contributed by atoms with Crippen LogP contribution in [-0.2, 0) is 5.41 Å². The van der Waals surface area contributed by atoms with Gasteiger partial charge in [0.25, 0.3) is 5.91 Å². The number of hydrogen-bond acceptors (Lipinski definition) is 2. The molecule has 0 radical (unpaired) electrons. The second-order valence-corrected chi connectivity index (χ2v) is 6.36. The van der Waals surface area contributed by atoms with Gasteiger partial charge >= 0.3 is 0 Å². The predicted octanol–water partition coefficient (Wildman–Crippen LogP) is 4.13. The van der Waals surface area contributed by atoms with Crippen molar-refractivity contribution in [2.75, 3.05) is 11.1 Å². The molecule has 0 aliphatic heterocycles. The number of rotatable bonds is 2. The largest absolute Gasteiger partial charge is 0.399 e. The lowest BCUT2D eigenvalue weighted by Crippen LogP contribution is -2.14. The molecule has 2 rings (SSSR count). The van der Waals surface area contributed by atoms with Crippen LogP contribution >= 0.6 is 0 Å². The van der Waals surface area contributed by atoms with Crippen molar-refractivity contribution >= 4 is 17.3 Å². The third-order valence-corrected chi connectivity index (χ3v) is 3.52. The molecular weight excluding hydrogens is 260 g/mol. The first-order chi connectivity index (χ1) is 9.77. The highest BCUT2D eigenvalue weighted by molar-refractivity contribution is 6.05. The highest BCUT2D eigenvalue weighted by atomic mass is 16.1. The van der Waals surface area contributed by atoms with Crippen molar-refractivity contribution in [3.8, 4) is 0 Å². The molecule has 1 amide bonds. The van der Waals surface area contributed by atoms with Gasteiger partial charge in [-0.25, -0.2) is 0 Å². The lowest BCUT2D eigenvalue weighted by atomic mass is 9.87. The fraction of sp³-hybridized carbons (Fsp3) is 0.278. The number of hydrogen-bond donors (Lipinski definition) is 2. The number of nitrogen functional groups attached to an aromatic ring is 1. The molecule has 3 nitrogen and oxygen atoms in total. The van der Waals surface area contributed by atoms with Crippen molar-refractivity contribution in [2.45, 2.75) is 33.1 Å². The maximum atomic E-state index is 12.3. The topological polar surface area (TPSA) is 55.1 Å². The summed E-state index contributed by atoms with van der Waals surface area (Å²) in [6, 6.07) is 13.3. The average molecular weight is 282 g/mol. The van der Waals surface area contributed by atoms with Gasteiger partial charge < -0.3 is 11.1 Å². The smallest absolute Gasteiger partial charge is 0.256 e. The third kappa shape index (κ3) is 3.63. The second kappa shape index (κ2) is 5.60. The average Bonchev–Trinajstić information content (AvgIpc) is 2.41. The van der Waals surface area contributed by atoms with Crippen molar-refractivity contribution in [3.63, 3.8) is 0 Å². The Hall–Kier alpha value is -2.29. The Morgan fingerprint density at radius 2 is 1.67 bits per heavy atom. The highest BCUT2D eigenvalue weighted by Gasteiger charge is 2.14. The van der Waals surface area contributed by atoms with Gasteiger partial charge in [0, 0.05) is 16.9 Å². The number of amides is 1. The molecule has 0 spiro atoms. The Bertz CT molecular complexity index is 652. The number of nitrogens with one attached hydrogen (secondary N) is 1.